The quantitative estimate of drug-likeness (QED) is 0.594. The smallest absolute Gasteiger partial charge is 0.265 e. The minimum absolute atomic E-state index is 0.0342. The summed E-state index contributed by atoms with van der Waals surface area (Å²) in [6.07, 6.45) is 7.36. The normalized spacial score (nSPS) is 17.3. The Morgan fingerprint density at radius 3 is 2.50 bits per heavy atom. The molecule has 10 nitrogen and oxygen atoms in total. The molecule has 5 rings (SSSR count). The monoisotopic (exact) mass is 462 g/mol. The summed E-state index contributed by atoms with van der Waals surface area (Å²) in [5.74, 6) is 0.947. The van der Waals surface area contributed by atoms with E-state index in [1.165, 1.54) is 7.05 Å². The minimum Gasteiger partial charge on any atom is -0.355 e. The first-order chi connectivity index (χ1) is 16.5. The third-order valence-electron chi connectivity index (χ3n) is 6.77. The van der Waals surface area contributed by atoms with E-state index in [0.717, 1.165) is 63.4 Å². The first-order valence-electron chi connectivity index (χ1n) is 11.8. The number of amides is 1. The SMILES string of the molecule is CNC(=O)c1cc2cnc(Nc3ccc(N4CCN(C)CC4)nc3)nc2n(C2CCCC2)c1=O. The summed E-state index contributed by atoms with van der Waals surface area (Å²) in [7, 11) is 3.66. The highest BCUT2D eigenvalue weighted by Gasteiger charge is 2.24. The summed E-state index contributed by atoms with van der Waals surface area (Å²) in [6.45, 7) is 3.97. The molecule has 4 heterocycles. The maximum atomic E-state index is 13.3. The number of nitrogens with one attached hydrogen (secondary N) is 2. The van der Waals surface area contributed by atoms with Crippen LogP contribution in [0.1, 0.15) is 42.1 Å². The van der Waals surface area contributed by atoms with Gasteiger partial charge in [-0.2, -0.15) is 4.98 Å². The zero-order valence-electron chi connectivity index (χ0n) is 19.6. The van der Waals surface area contributed by atoms with Crippen LogP contribution in [0.5, 0.6) is 0 Å². The van der Waals surface area contributed by atoms with Crippen molar-refractivity contribution in [3.63, 3.8) is 0 Å². The molecule has 3 aromatic heterocycles. The number of likely N-dealkylation sites (N-methyl/N-ethyl adjacent to an activating group) is 1. The molecule has 1 amide bonds. The lowest BCUT2D eigenvalue weighted by Crippen LogP contribution is -2.44. The molecule has 2 aliphatic rings. The van der Waals surface area contributed by atoms with E-state index in [2.05, 4.69) is 42.4 Å². The van der Waals surface area contributed by atoms with Crippen molar-refractivity contribution < 1.29 is 4.79 Å². The third-order valence-corrected chi connectivity index (χ3v) is 6.77. The van der Waals surface area contributed by atoms with Crippen molar-refractivity contribution in [3.8, 4) is 0 Å². The van der Waals surface area contributed by atoms with Crippen LogP contribution in [0.15, 0.2) is 35.4 Å². The van der Waals surface area contributed by atoms with Gasteiger partial charge in [-0.1, -0.05) is 12.8 Å². The summed E-state index contributed by atoms with van der Waals surface area (Å²) in [5, 5.41) is 6.44. The van der Waals surface area contributed by atoms with Gasteiger partial charge < -0.3 is 20.4 Å². The van der Waals surface area contributed by atoms with E-state index in [9.17, 15) is 9.59 Å². The van der Waals surface area contributed by atoms with Gasteiger partial charge >= 0.3 is 0 Å². The molecule has 1 aliphatic heterocycles. The Morgan fingerprint density at radius 2 is 1.82 bits per heavy atom. The van der Waals surface area contributed by atoms with Gasteiger partial charge in [-0.05, 0) is 38.1 Å². The van der Waals surface area contributed by atoms with Crippen molar-refractivity contribution in [1.82, 2.24) is 29.7 Å². The predicted molar refractivity (Wildman–Crippen MR) is 132 cm³/mol. The number of carbonyl (C=O) groups excluding carboxylic acids is 1. The zero-order valence-corrected chi connectivity index (χ0v) is 19.6. The van der Waals surface area contributed by atoms with Gasteiger partial charge in [-0.25, -0.2) is 9.97 Å². The molecule has 0 aromatic carbocycles. The highest BCUT2D eigenvalue weighted by Crippen LogP contribution is 2.31. The van der Waals surface area contributed by atoms with Gasteiger partial charge in [-0.3, -0.25) is 14.2 Å². The summed E-state index contributed by atoms with van der Waals surface area (Å²) in [6, 6.07) is 5.58. The van der Waals surface area contributed by atoms with Gasteiger partial charge in [0.25, 0.3) is 11.5 Å². The molecule has 0 spiro atoms. The maximum absolute atomic E-state index is 13.3. The first-order valence-corrected chi connectivity index (χ1v) is 11.8. The number of hydrogen-bond acceptors (Lipinski definition) is 8. The van der Waals surface area contributed by atoms with Crippen molar-refractivity contribution >= 4 is 34.4 Å². The van der Waals surface area contributed by atoms with Crippen molar-refractivity contribution in [2.75, 3.05) is 50.5 Å². The van der Waals surface area contributed by atoms with Crippen LogP contribution in [0.25, 0.3) is 11.0 Å². The lowest BCUT2D eigenvalue weighted by molar-refractivity contribution is 0.0961. The molecule has 1 aliphatic carbocycles. The second-order valence-electron chi connectivity index (χ2n) is 9.04. The van der Waals surface area contributed by atoms with E-state index in [0.29, 0.717) is 17.0 Å². The van der Waals surface area contributed by atoms with Crippen LogP contribution in [0.4, 0.5) is 17.5 Å². The van der Waals surface area contributed by atoms with Gasteiger partial charge in [0, 0.05) is 50.9 Å². The lowest BCUT2D eigenvalue weighted by Gasteiger charge is -2.33. The van der Waals surface area contributed by atoms with Crippen molar-refractivity contribution in [1.29, 1.82) is 0 Å². The number of fused-ring (bicyclic) bond motifs is 1. The van der Waals surface area contributed by atoms with E-state index < -0.39 is 5.91 Å². The number of hydrogen-bond donors (Lipinski definition) is 2. The Labute approximate surface area is 198 Å². The number of carbonyl (C=O) groups is 1. The largest absolute Gasteiger partial charge is 0.355 e. The molecule has 2 N–H and O–H groups in total. The second kappa shape index (κ2) is 9.38. The highest BCUT2D eigenvalue weighted by molar-refractivity contribution is 5.96. The molecule has 178 valence electrons. The third kappa shape index (κ3) is 4.33. The molecule has 3 aromatic rings. The molecule has 34 heavy (non-hydrogen) atoms. The average Bonchev–Trinajstić information content (AvgIpc) is 3.39. The fourth-order valence-electron chi connectivity index (χ4n) is 4.79. The molecule has 0 radical (unpaired) electrons. The number of piperazine rings is 1. The number of pyridine rings is 2. The van der Waals surface area contributed by atoms with E-state index in [1.54, 1.807) is 23.0 Å². The second-order valence-corrected chi connectivity index (χ2v) is 9.04. The fraction of sp³-hybridized carbons (Fsp3) is 0.458. The summed E-state index contributed by atoms with van der Waals surface area (Å²) >= 11 is 0. The number of rotatable bonds is 5. The number of nitrogens with zero attached hydrogens (tertiary/aromatic N) is 6. The van der Waals surface area contributed by atoms with Gasteiger partial charge in [-0.15, -0.1) is 0 Å². The molecular weight excluding hydrogens is 432 g/mol. The first kappa shape index (κ1) is 22.3. The van der Waals surface area contributed by atoms with Crippen molar-refractivity contribution in [2.45, 2.75) is 31.7 Å². The van der Waals surface area contributed by atoms with Crippen LogP contribution < -0.4 is 21.1 Å². The average molecular weight is 463 g/mol. The maximum Gasteiger partial charge on any atom is 0.265 e. The van der Waals surface area contributed by atoms with Crippen molar-refractivity contribution in [3.05, 3.63) is 46.5 Å². The Bertz CT molecular complexity index is 1240. The summed E-state index contributed by atoms with van der Waals surface area (Å²) in [4.78, 5) is 43.9. The molecule has 2 fully saturated rings. The fourth-order valence-corrected chi connectivity index (χ4v) is 4.79. The lowest BCUT2D eigenvalue weighted by atomic mass is 10.1. The molecule has 10 heteroatoms. The Hall–Kier alpha value is -3.53. The molecule has 1 saturated heterocycles. The summed E-state index contributed by atoms with van der Waals surface area (Å²) < 4.78 is 1.69. The van der Waals surface area contributed by atoms with Gasteiger partial charge in [0.1, 0.15) is 17.0 Å². The minimum atomic E-state index is -0.396. The van der Waals surface area contributed by atoms with E-state index in [4.69, 9.17) is 0 Å². The molecular formula is C24H30N8O2. The van der Waals surface area contributed by atoms with Gasteiger partial charge in [0.05, 0.1) is 11.9 Å². The molecule has 1 saturated carbocycles. The highest BCUT2D eigenvalue weighted by atomic mass is 16.2. The molecule has 0 unspecified atom stereocenters. The number of aromatic nitrogens is 4. The Balaban J connectivity index is 1.45. The molecule has 0 atom stereocenters. The van der Waals surface area contributed by atoms with Gasteiger partial charge in [0.15, 0.2) is 0 Å². The topological polar surface area (TPSA) is 108 Å². The van der Waals surface area contributed by atoms with E-state index in [-0.39, 0.29) is 17.2 Å². The van der Waals surface area contributed by atoms with Gasteiger partial charge in [0.2, 0.25) is 5.95 Å². The van der Waals surface area contributed by atoms with Crippen LogP contribution >= 0.6 is 0 Å². The van der Waals surface area contributed by atoms with Crippen LogP contribution in [-0.2, 0) is 0 Å². The van der Waals surface area contributed by atoms with Crippen LogP contribution in [0.2, 0.25) is 0 Å². The van der Waals surface area contributed by atoms with Crippen LogP contribution in [0, 0.1) is 0 Å². The van der Waals surface area contributed by atoms with Crippen LogP contribution in [0.3, 0.4) is 0 Å². The molecule has 0 bridgehead atoms. The summed E-state index contributed by atoms with van der Waals surface area (Å²) in [5.41, 5.74) is 1.13. The van der Waals surface area contributed by atoms with Crippen molar-refractivity contribution in [2.24, 2.45) is 0 Å². The Morgan fingerprint density at radius 1 is 1.06 bits per heavy atom. The van der Waals surface area contributed by atoms with E-state index >= 15 is 0 Å². The Kier molecular flexibility index (Phi) is 6.14. The standard InChI is InChI=1S/C24H30N8O2/c1-25-22(33)19-13-16-14-27-24(29-21(16)32(23(19)34)18-5-3-4-6-18)28-17-7-8-20(26-15-17)31-11-9-30(2)10-12-31/h7-8,13-15,18H,3-6,9-12H2,1-2H3,(H,25,33)(H,27,28,29). The predicted octanol–water partition coefficient (Wildman–Crippen LogP) is 2.16. The zero-order chi connectivity index (χ0) is 23.7. The van der Waals surface area contributed by atoms with Crippen LogP contribution in [-0.4, -0.2) is 70.6 Å². The number of anilines is 3. The van der Waals surface area contributed by atoms with E-state index in [1.807, 2.05) is 12.1 Å².